The lowest BCUT2D eigenvalue weighted by atomic mass is 9.94. The summed E-state index contributed by atoms with van der Waals surface area (Å²) in [6.45, 7) is 10.8. The van der Waals surface area contributed by atoms with Crippen molar-refractivity contribution in [2.24, 2.45) is 10.9 Å². The number of hydrogen-bond acceptors (Lipinski definition) is 2. The molecule has 0 aromatic heterocycles. The molecule has 2 rings (SSSR count). The Morgan fingerprint density at radius 3 is 2.17 bits per heavy atom. The van der Waals surface area contributed by atoms with Crippen LogP contribution in [0.25, 0.3) is 0 Å². The topological polar surface area (TPSA) is 24.4 Å². The molecular formula is C16H24N2. The molecule has 1 heterocycles. The lowest BCUT2D eigenvalue weighted by Gasteiger charge is -2.25. The Bertz CT molecular complexity index is 415. The molecule has 1 aliphatic heterocycles. The fourth-order valence-corrected chi connectivity index (χ4v) is 2.32. The lowest BCUT2D eigenvalue weighted by molar-refractivity contribution is 0.612. The first-order valence-corrected chi connectivity index (χ1v) is 6.96. The van der Waals surface area contributed by atoms with Gasteiger partial charge in [-0.1, -0.05) is 52.0 Å². The summed E-state index contributed by atoms with van der Waals surface area (Å²) in [7, 11) is 0. The first-order valence-electron chi connectivity index (χ1n) is 6.96. The van der Waals surface area contributed by atoms with E-state index in [9.17, 15) is 0 Å². The summed E-state index contributed by atoms with van der Waals surface area (Å²) in [6, 6.07) is 9.03. The minimum absolute atomic E-state index is 0.509. The highest BCUT2D eigenvalue weighted by molar-refractivity contribution is 5.84. The third-order valence-electron chi connectivity index (χ3n) is 3.63. The Kier molecular flexibility index (Phi) is 4.05. The van der Waals surface area contributed by atoms with Gasteiger partial charge in [-0.2, -0.15) is 0 Å². The van der Waals surface area contributed by atoms with Gasteiger partial charge in [0.05, 0.1) is 5.84 Å². The van der Waals surface area contributed by atoms with Crippen LogP contribution in [0.15, 0.2) is 29.3 Å². The molecular weight excluding hydrogens is 220 g/mol. The smallest absolute Gasteiger partial charge is 0.0989 e. The van der Waals surface area contributed by atoms with Crippen LogP contribution in [0.5, 0.6) is 0 Å². The minimum Gasteiger partial charge on any atom is -0.373 e. The van der Waals surface area contributed by atoms with E-state index in [0.29, 0.717) is 17.8 Å². The van der Waals surface area contributed by atoms with Gasteiger partial charge in [-0.25, -0.2) is 0 Å². The molecule has 18 heavy (non-hydrogen) atoms. The molecule has 1 unspecified atom stereocenters. The van der Waals surface area contributed by atoms with Crippen LogP contribution < -0.4 is 5.32 Å². The van der Waals surface area contributed by atoms with Gasteiger partial charge in [0.2, 0.25) is 0 Å². The van der Waals surface area contributed by atoms with Crippen LogP contribution in [0.1, 0.15) is 50.7 Å². The quantitative estimate of drug-likeness (QED) is 0.864. The van der Waals surface area contributed by atoms with Crippen LogP contribution in [0.4, 0.5) is 0 Å². The second-order valence-electron chi connectivity index (χ2n) is 5.78. The maximum atomic E-state index is 4.65. The zero-order chi connectivity index (χ0) is 13.1. The maximum Gasteiger partial charge on any atom is 0.0989 e. The lowest BCUT2D eigenvalue weighted by Crippen LogP contribution is -2.37. The van der Waals surface area contributed by atoms with Crippen LogP contribution in [0, 0.1) is 5.92 Å². The van der Waals surface area contributed by atoms with Crippen LogP contribution >= 0.6 is 0 Å². The van der Waals surface area contributed by atoms with Gasteiger partial charge >= 0.3 is 0 Å². The number of rotatable bonds is 3. The predicted octanol–water partition coefficient (Wildman–Crippen LogP) is 3.55. The summed E-state index contributed by atoms with van der Waals surface area (Å²) in [5, 5.41) is 3.45. The molecule has 1 N–H and O–H groups in total. The normalized spacial score (nSPS) is 19.9. The van der Waals surface area contributed by atoms with Crippen LogP contribution in [-0.2, 0) is 0 Å². The number of amidine groups is 1. The van der Waals surface area contributed by atoms with E-state index in [1.165, 1.54) is 11.1 Å². The summed E-state index contributed by atoms with van der Waals surface area (Å²) in [5.74, 6) is 2.79. The van der Waals surface area contributed by atoms with E-state index in [4.69, 9.17) is 0 Å². The largest absolute Gasteiger partial charge is 0.373 e. The van der Waals surface area contributed by atoms with Crippen molar-refractivity contribution in [1.29, 1.82) is 0 Å². The van der Waals surface area contributed by atoms with Gasteiger partial charge in [0, 0.05) is 24.9 Å². The number of nitrogens with zero attached hydrogens (tertiary/aromatic N) is 1. The van der Waals surface area contributed by atoms with Crippen molar-refractivity contribution in [3.8, 4) is 0 Å². The van der Waals surface area contributed by atoms with E-state index in [-0.39, 0.29) is 0 Å². The number of nitrogens with one attached hydrogen (secondary N) is 1. The summed E-state index contributed by atoms with van der Waals surface area (Å²) < 4.78 is 0. The van der Waals surface area contributed by atoms with Crippen molar-refractivity contribution in [3.63, 3.8) is 0 Å². The standard InChI is InChI=1S/C16H24N2/c1-11(2)13-5-7-14(8-6-13)15-9-17-16(12(3)4)18-10-15/h5-8,11-12,15H,9-10H2,1-4H3,(H,17,18). The molecule has 2 heteroatoms. The van der Waals surface area contributed by atoms with Gasteiger partial charge < -0.3 is 5.32 Å². The molecule has 1 aliphatic rings. The predicted molar refractivity (Wildman–Crippen MR) is 78.4 cm³/mol. The van der Waals surface area contributed by atoms with Crippen molar-refractivity contribution in [3.05, 3.63) is 35.4 Å². The van der Waals surface area contributed by atoms with Crippen LogP contribution in [0.3, 0.4) is 0 Å². The van der Waals surface area contributed by atoms with Gasteiger partial charge in [-0.05, 0) is 17.0 Å². The van der Waals surface area contributed by atoms with E-state index in [1.807, 2.05) is 0 Å². The van der Waals surface area contributed by atoms with E-state index in [1.54, 1.807) is 0 Å². The Balaban J connectivity index is 2.06. The maximum absolute atomic E-state index is 4.65. The molecule has 0 saturated carbocycles. The Morgan fingerprint density at radius 2 is 1.72 bits per heavy atom. The molecule has 0 fully saturated rings. The summed E-state index contributed by atoms with van der Waals surface area (Å²) in [5.41, 5.74) is 2.81. The fraction of sp³-hybridized carbons (Fsp3) is 0.562. The molecule has 0 spiro atoms. The van der Waals surface area contributed by atoms with Crippen molar-refractivity contribution in [1.82, 2.24) is 5.32 Å². The molecule has 98 valence electrons. The Labute approximate surface area is 111 Å². The van der Waals surface area contributed by atoms with Crippen molar-refractivity contribution in [2.45, 2.75) is 39.5 Å². The zero-order valence-electron chi connectivity index (χ0n) is 11.9. The van der Waals surface area contributed by atoms with Gasteiger partial charge in [-0.15, -0.1) is 0 Å². The number of aliphatic imine (C=N–C) groups is 1. The highest BCUT2D eigenvalue weighted by Crippen LogP contribution is 2.22. The fourth-order valence-electron chi connectivity index (χ4n) is 2.32. The molecule has 1 aromatic rings. The number of hydrogen-bond donors (Lipinski definition) is 1. The highest BCUT2D eigenvalue weighted by atomic mass is 15.0. The van der Waals surface area contributed by atoms with Gasteiger partial charge in [0.25, 0.3) is 0 Å². The average molecular weight is 244 g/mol. The SMILES string of the molecule is CC(C)C1=NCC(c2ccc(C(C)C)cc2)CN1. The van der Waals surface area contributed by atoms with Crippen molar-refractivity contribution >= 4 is 5.84 Å². The first kappa shape index (κ1) is 13.1. The van der Waals surface area contributed by atoms with E-state index in [2.05, 4.69) is 62.3 Å². The Hall–Kier alpha value is -1.31. The van der Waals surface area contributed by atoms with Gasteiger partial charge in [0.1, 0.15) is 0 Å². The minimum atomic E-state index is 0.509. The van der Waals surface area contributed by atoms with Gasteiger partial charge in [0.15, 0.2) is 0 Å². The summed E-state index contributed by atoms with van der Waals surface area (Å²) >= 11 is 0. The second kappa shape index (κ2) is 5.55. The second-order valence-corrected chi connectivity index (χ2v) is 5.78. The zero-order valence-corrected chi connectivity index (χ0v) is 11.9. The molecule has 0 radical (unpaired) electrons. The number of benzene rings is 1. The molecule has 2 nitrogen and oxygen atoms in total. The highest BCUT2D eigenvalue weighted by Gasteiger charge is 2.18. The summed E-state index contributed by atoms with van der Waals surface area (Å²) in [4.78, 5) is 4.65. The molecule has 1 atom stereocenters. The third-order valence-corrected chi connectivity index (χ3v) is 3.63. The third kappa shape index (κ3) is 2.92. The molecule has 0 bridgehead atoms. The van der Waals surface area contributed by atoms with E-state index in [0.717, 1.165) is 18.9 Å². The summed E-state index contributed by atoms with van der Waals surface area (Å²) in [6.07, 6.45) is 0. The average Bonchev–Trinajstić information content (AvgIpc) is 2.39. The monoisotopic (exact) mass is 244 g/mol. The van der Waals surface area contributed by atoms with Crippen molar-refractivity contribution < 1.29 is 0 Å². The van der Waals surface area contributed by atoms with Crippen LogP contribution in [-0.4, -0.2) is 18.9 Å². The molecule has 0 aliphatic carbocycles. The van der Waals surface area contributed by atoms with E-state index < -0.39 is 0 Å². The Morgan fingerprint density at radius 1 is 1.06 bits per heavy atom. The van der Waals surface area contributed by atoms with Crippen LogP contribution in [0.2, 0.25) is 0 Å². The molecule has 1 aromatic carbocycles. The van der Waals surface area contributed by atoms with Gasteiger partial charge in [-0.3, -0.25) is 4.99 Å². The first-order chi connectivity index (χ1) is 8.58. The van der Waals surface area contributed by atoms with Crippen molar-refractivity contribution in [2.75, 3.05) is 13.1 Å². The molecule has 0 saturated heterocycles. The molecule has 0 amide bonds. The van der Waals surface area contributed by atoms with E-state index >= 15 is 0 Å².